The lowest BCUT2D eigenvalue weighted by molar-refractivity contribution is -0.384. The first-order chi connectivity index (χ1) is 7.77. The Morgan fingerprint density at radius 2 is 2.19 bits per heavy atom. The Labute approximate surface area is 95.7 Å². The van der Waals surface area contributed by atoms with Crippen molar-refractivity contribution in [2.75, 3.05) is 0 Å². The SMILES string of the molecule is O=[N+]([O-])c1ccsc1C#Cc1ccccn1. The molecule has 0 spiro atoms. The molecule has 0 unspecified atom stereocenters. The van der Waals surface area contributed by atoms with E-state index in [1.54, 1.807) is 23.7 Å². The second kappa shape index (κ2) is 4.55. The third kappa shape index (κ3) is 2.24. The standard InChI is InChI=1S/C11H6N2O2S/c14-13(15)10-6-8-16-11(10)5-4-9-3-1-2-7-12-9/h1-3,6-8H. The van der Waals surface area contributed by atoms with Crippen LogP contribution < -0.4 is 0 Å². The number of hydrogen-bond acceptors (Lipinski definition) is 4. The van der Waals surface area contributed by atoms with Crippen molar-refractivity contribution in [1.82, 2.24) is 4.98 Å². The lowest BCUT2D eigenvalue weighted by Crippen LogP contribution is -1.87. The number of hydrogen-bond donors (Lipinski definition) is 0. The van der Waals surface area contributed by atoms with E-state index in [9.17, 15) is 10.1 Å². The molecular weight excluding hydrogens is 224 g/mol. The maximum Gasteiger partial charge on any atom is 0.295 e. The zero-order valence-corrected chi connectivity index (χ0v) is 8.90. The van der Waals surface area contributed by atoms with E-state index in [1.807, 2.05) is 6.07 Å². The van der Waals surface area contributed by atoms with Gasteiger partial charge in [-0.2, -0.15) is 0 Å². The lowest BCUT2D eigenvalue weighted by Gasteiger charge is -1.86. The average molecular weight is 230 g/mol. The summed E-state index contributed by atoms with van der Waals surface area (Å²) in [5, 5.41) is 12.3. The minimum atomic E-state index is -0.432. The van der Waals surface area contributed by atoms with E-state index >= 15 is 0 Å². The normalized spacial score (nSPS) is 9.25. The summed E-state index contributed by atoms with van der Waals surface area (Å²) in [6.45, 7) is 0. The summed E-state index contributed by atoms with van der Waals surface area (Å²) in [5.41, 5.74) is 0.652. The lowest BCUT2D eigenvalue weighted by atomic mass is 10.3. The van der Waals surface area contributed by atoms with E-state index in [1.165, 1.54) is 17.4 Å². The van der Waals surface area contributed by atoms with Gasteiger partial charge in [0.05, 0.1) is 4.92 Å². The van der Waals surface area contributed by atoms with Gasteiger partial charge < -0.3 is 0 Å². The van der Waals surface area contributed by atoms with Gasteiger partial charge in [0.25, 0.3) is 5.69 Å². The van der Waals surface area contributed by atoms with Gasteiger partial charge in [0.2, 0.25) is 0 Å². The summed E-state index contributed by atoms with van der Waals surface area (Å²) in [6, 6.07) is 6.82. The van der Waals surface area contributed by atoms with Gasteiger partial charge in [-0.05, 0) is 29.4 Å². The molecule has 0 saturated carbocycles. The monoisotopic (exact) mass is 230 g/mol. The summed E-state index contributed by atoms with van der Waals surface area (Å²) in [4.78, 5) is 14.7. The van der Waals surface area contributed by atoms with Crippen LogP contribution in [0.1, 0.15) is 10.6 Å². The number of rotatable bonds is 1. The van der Waals surface area contributed by atoms with Gasteiger partial charge in [-0.3, -0.25) is 10.1 Å². The van der Waals surface area contributed by atoms with Crippen LogP contribution in [0, 0.1) is 22.0 Å². The molecule has 0 radical (unpaired) electrons. The fourth-order valence-corrected chi connectivity index (χ4v) is 1.80. The molecule has 0 bridgehead atoms. The van der Waals surface area contributed by atoms with E-state index in [0.29, 0.717) is 10.6 Å². The molecule has 2 rings (SSSR count). The summed E-state index contributed by atoms with van der Waals surface area (Å²) in [5.74, 6) is 5.54. The molecule has 2 heterocycles. The maximum absolute atomic E-state index is 10.6. The molecule has 16 heavy (non-hydrogen) atoms. The summed E-state index contributed by atoms with van der Waals surface area (Å²) in [6.07, 6.45) is 1.63. The number of nitro groups is 1. The smallest absolute Gasteiger partial charge is 0.258 e. The Bertz CT molecular complexity index is 566. The topological polar surface area (TPSA) is 56.0 Å². The van der Waals surface area contributed by atoms with Crippen molar-refractivity contribution in [3.63, 3.8) is 0 Å². The van der Waals surface area contributed by atoms with E-state index in [4.69, 9.17) is 0 Å². The molecular formula is C11H6N2O2S. The third-order valence-corrected chi connectivity index (χ3v) is 2.63. The van der Waals surface area contributed by atoms with E-state index in [2.05, 4.69) is 16.8 Å². The molecule has 5 heteroatoms. The molecule has 0 amide bonds. The first kappa shape index (κ1) is 10.3. The highest BCUT2D eigenvalue weighted by Gasteiger charge is 2.12. The number of aromatic nitrogens is 1. The first-order valence-electron chi connectivity index (χ1n) is 4.42. The molecule has 2 aromatic heterocycles. The predicted octanol–water partition coefficient (Wildman–Crippen LogP) is 2.45. The van der Waals surface area contributed by atoms with Crippen LogP contribution in [0.5, 0.6) is 0 Å². The summed E-state index contributed by atoms with van der Waals surface area (Å²) >= 11 is 1.25. The Hall–Kier alpha value is -2.19. The molecule has 0 aliphatic heterocycles. The van der Waals surface area contributed by atoms with Crippen molar-refractivity contribution in [3.8, 4) is 11.8 Å². The number of thiophene rings is 1. The van der Waals surface area contributed by atoms with Crippen LogP contribution in [0.15, 0.2) is 35.8 Å². The van der Waals surface area contributed by atoms with E-state index in [-0.39, 0.29) is 5.69 Å². The molecule has 2 aromatic rings. The number of nitrogens with zero attached hydrogens (tertiary/aromatic N) is 2. The molecule has 0 aliphatic carbocycles. The largest absolute Gasteiger partial charge is 0.295 e. The van der Waals surface area contributed by atoms with Gasteiger partial charge in [0.1, 0.15) is 5.69 Å². The fourth-order valence-electron chi connectivity index (χ4n) is 1.10. The zero-order valence-electron chi connectivity index (χ0n) is 8.08. The van der Waals surface area contributed by atoms with Crippen LogP contribution in [0.25, 0.3) is 0 Å². The zero-order chi connectivity index (χ0) is 11.4. The second-order valence-corrected chi connectivity index (χ2v) is 3.77. The van der Waals surface area contributed by atoms with Crippen LogP contribution in [0.3, 0.4) is 0 Å². The van der Waals surface area contributed by atoms with Gasteiger partial charge in [0.15, 0.2) is 4.88 Å². The van der Waals surface area contributed by atoms with Gasteiger partial charge in [0, 0.05) is 12.3 Å². The Balaban J connectivity index is 2.31. The Morgan fingerprint density at radius 3 is 2.88 bits per heavy atom. The van der Waals surface area contributed by atoms with Crippen molar-refractivity contribution < 1.29 is 4.92 Å². The summed E-state index contributed by atoms with van der Waals surface area (Å²) in [7, 11) is 0. The van der Waals surface area contributed by atoms with Crippen LogP contribution in [0.2, 0.25) is 0 Å². The minimum Gasteiger partial charge on any atom is -0.258 e. The van der Waals surface area contributed by atoms with Crippen LogP contribution in [-0.2, 0) is 0 Å². The maximum atomic E-state index is 10.6. The van der Waals surface area contributed by atoms with Crippen molar-refractivity contribution in [2.45, 2.75) is 0 Å². The molecule has 0 saturated heterocycles. The van der Waals surface area contributed by atoms with Crippen LogP contribution in [0.4, 0.5) is 5.69 Å². The highest BCUT2D eigenvalue weighted by Crippen LogP contribution is 2.22. The minimum absolute atomic E-state index is 0.0495. The van der Waals surface area contributed by atoms with Gasteiger partial charge >= 0.3 is 0 Å². The molecule has 0 fully saturated rings. The Morgan fingerprint density at radius 1 is 1.31 bits per heavy atom. The van der Waals surface area contributed by atoms with Crippen LogP contribution >= 0.6 is 11.3 Å². The van der Waals surface area contributed by atoms with Crippen molar-refractivity contribution >= 4 is 17.0 Å². The predicted molar refractivity (Wildman–Crippen MR) is 61.2 cm³/mol. The average Bonchev–Trinajstić information content (AvgIpc) is 2.76. The molecule has 4 nitrogen and oxygen atoms in total. The highest BCUT2D eigenvalue weighted by atomic mass is 32.1. The highest BCUT2D eigenvalue weighted by molar-refractivity contribution is 7.11. The summed E-state index contributed by atoms with van der Waals surface area (Å²) < 4.78 is 0. The third-order valence-electron chi connectivity index (χ3n) is 1.81. The van der Waals surface area contributed by atoms with E-state index < -0.39 is 4.92 Å². The fraction of sp³-hybridized carbons (Fsp3) is 0. The van der Waals surface area contributed by atoms with Crippen molar-refractivity contribution in [3.05, 3.63) is 56.5 Å². The second-order valence-electron chi connectivity index (χ2n) is 2.86. The molecule has 0 aliphatic rings. The van der Waals surface area contributed by atoms with Crippen molar-refractivity contribution in [1.29, 1.82) is 0 Å². The molecule has 0 aromatic carbocycles. The van der Waals surface area contributed by atoms with Gasteiger partial charge in [-0.15, -0.1) is 11.3 Å². The number of pyridine rings is 1. The molecule has 78 valence electrons. The van der Waals surface area contributed by atoms with E-state index in [0.717, 1.165) is 0 Å². The van der Waals surface area contributed by atoms with Gasteiger partial charge in [-0.1, -0.05) is 6.07 Å². The van der Waals surface area contributed by atoms with Crippen molar-refractivity contribution in [2.24, 2.45) is 0 Å². The Kier molecular flexibility index (Phi) is 2.94. The quantitative estimate of drug-likeness (QED) is 0.429. The first-order valence-corrected chi connectivity index (χ1v) is 5.30. The van der Waals surface area contributed by atoms with Gasteiger partial charge in [-0.25, -0.2) is 4.98 Å². The molecule has 0 atom stereocenters. The molecule has 0 N–H and O–H groups in total. The van der Waals surface area contributed by atoms with Crippen LogP contribution in [-0.4, -0.2) is 9.91 Å².